The van der Waals surface area contributed by atoms with Crippen molar-refractivity contribution in [2.45, 2.75) is 19.9 Å². The molecule has 3 N–H and O–H groups in total. The number of anilines is 2. The van der Waals surface area contributed by atoms with Crippen molar-refractivity contribution in [3.8, 4) is 0 Å². The van der Waals surface area contributed by atoms with Crippen LogP contribution < -0.4 is 10.6 Å². The van der Waals surface area contributed by atoms with E-state index in [9.17, 15) is 14.7 Å². The van der Waals surface area contributed by atoms with Crippen molar-refractivity contribution in [1.82, 2.24) is 9.78 Å². The van der Waals surface area contributed by atoms with Gasteiger partial charge in [-0.3, -0.25) is 4.79 Å². The molecule has 7 heteroatoms. The van der Waals surface area contributed by atoms with Gasteiger partial charge in [-0.05, 0) is 37.6 Å². The van der Waals surface area contributed by atoms with Crippen LogP contribution in [0.3, 0.4) is 0 Å². The van der Waals surface area contributed by atoms with E-state index < -0.39 is 12.0 Å². The van der Waals surface area contributed by atoms with Gasteiger partial charge in [0.2, 0.25) is 0 Å². The number of nitrogens with zero attached hydrogens (tertiary/aromatic N) is 2. The molecular formula is C22H20N4O3. The number of amides is 1. The summed E-state index contributed by atoms with van der Waals surface area (Å²) in [5.41, 5.74) is 4.00. The van der Waals surface area contributed by atoms with Gasteiger partial charge in [-0.25, -0.2) is 9.48 Å². The van der Waals surface area contributed by atoms with Crippen LogP contribution in [0.1, 0.15) is 33.1 Å². The molecule has 29 heavy (non-hydrogen) atoms. The van der Waals surface area contributed by atoms with E-state index in [2.05, 4.69) is 15.7 Å². The predicted molar refractivity (Wildman–Crippen MR) is 110 cm³/mol. The molecule has 3 aromatic rings. The van der Waals surface area contributed by atoms with Crippen LogP contribution in [0, 0.1) is 13.8 Å². The first kappa shape index (κ1) is 18.5. The van der Waals surface area contributed by atoms with Crippen LogP contribution in [-0.4, -0.2) is 26.8 Å². The van der Waals surface area contributed by atoms with E-state index in [1.807, 2.05) is 62.4 Å². The minimum Gasteiger partial charge on any atom is -0.477 e. The zero-order chi connectivity index (χ0) is 20.5. The minimum atomic E-state index is -1.10. The van der Waals surface area contributed by atoms with E-state index in [0.29, 0.717) is 11.5 Å². The number of carboxylic acid groups (broad SMARTS) is 1. The smallest absolute Gasteiger partial charge is 0.352 e. The largest absolute Gasteiger partial charge is 0.477 e. The number of fused-ring (bicyclic) bond motifs is 1. The molecule has 0 saturated carbocycles. The molecule has 0 saturated heterocycles. The van der Waals surface area contributed by atoms with Gasteiger partial charge in [-0.2, -0.15) is 5.10 Å². The fourth-order valence-electron chi connectivity index (χ4n) is 3.22. The van der Waals surface area contributed by atoms with Gasteiger partial charge >= 0.3 is 5.97 Å². The summed E-state index contributed by atoms with van der Waals surface area (Å²) < 4.78 is 1.63. The standard InChI is InChI=1S/C22H20N4O3/c1-13-3-7-15(8-4-13)19-11-18(22(28)29)25-20-17(12-23-26(19)20)21(27)24-16-9-5-14(2)6-10-16/h3-12,19,25H,1-2H3,(H,24,27)(H,28,29). The van der Waals surface area contributed by atoms with Gasteiger partial charge in [0.05, 0.1) is 12.2 Å². The quantitative estimate of drug-likeness (QED) is 0.633. The van der Waals surface area contributed by atoms with Gasteiger partial charge < -0.3 is 15.7 Å². The highest BCUT2D eigenvalue weighted by molar-refractivity contribution is 6.08. The summed E-state index contributed by atoms with van der Waals surface area (Å²) in [5, 5.41) is 19.6. The molecule has 2 aromatic carbocycles. The second kappa shape index (κ2) is 7.27. The van der Waals surface area contributed by atoms with Gasteiger partial charge in [0.1, 0.15) is 17.1 Å². The molecule has 1 amide bonds. The summed E-state index contributed by atoms with van der Waals surface area (Å²) in [6.45, 7) is 3.95. The zero-order valence-electron chi connectivity index (χ0n) is 16.0. The molecule has 0 radical (unpaired) electrons. The number of hydrogen-bond acceptors (Lipinski definition) is 4. The van der Waals surface area contributed by atoms with Crippen molar-refractivity contribution < 1.29 is 14.7 Å². The van der Waals surface area contributed by atoms with Gasteiger partial charge in [0.15, 0.2) is 0 Å². The van der Waals surface area contributed by atoms with Gasteiger partial charge in [-0.15, -0.1) is 0 Å². The van der Waals surface area contributed by atoms with E-state index in [4.69, 9.17) is 0 Å². The molecule has 0 aliphatic carbocycles. The first-order valence-corrected chi connectivity index (χ1v) is 9.16. The third-order valence-electron chi connectivity index (χ3n) is 4.84. The maximum Gasteiger partial charge on any atom is 0.352 e. The Morgan fingerprint density at radius 1 is 1.03 bits per heavy atom. The minimum absolute atomic E-state index is 0.00737. The van der Waals surface area contributed by atoms with Gasteiger partial charge in [0, 0.05) is 5.69 Å². The molecule has 1 atom stereocenters. The molecule has 1 aliphatic heterocycles. The Morgan fingerprint density at radius 3 is 2.28 bits per heavy atom. The molecule has 7 nitrogen and oxygen atoms in total. The summed E-state index contributed by atoms with van der Waals surface area (Å²) in [6.07, 6.45) is 3.04. The second-order valence-corrected chi connectivity index (χ2v) is 7.04. The number of benzene rings is 2. The highest BCUT2D eigenvalue weighted by Crippen LogP contribution is 2.32. The van der Waals surface area contributed by atoms with Crippen molar-refractivity contribution in [1.29, 1.82) is 0 Å². The van der Waals surface area contributed by atoms with Crippen LogP contribution in [0.25, 0.3) is 0 Å². The number of carboxylic acids is 1. The maximum atomic E-state index is 12.8. The molecule has 0 spiro atoms. The molecule has 0 bridgehead atoms. The number of carbonyl (C=O) groups is 2. The van der Waals surface area contributed by atoms with Crippen LogP contribution in [0.15, 0.2) is 66.5 Å². The van der Waals surface area contributed by atoms with Crippen LogP contribution >= 0.6 is 0 Å². The topological polar surface area (TPSA) is 96.3 Å². The van der Waals surface area contributed by atoms with Crippen LogP contribution in [0.4, 0.5) is 11.5 Å². The number of carbonyl (C=O) groups excluding carboxylic acids is 1. The number of aliphatic carboxylic acids is 1. The second-order valence-electron chi connectivity index (χ2n) is 7.04. The number of nitrogens with one attached hydrogen (secondary N) is 2. The number of allylic oxidation sites excluding steroid dienone is 1. The summed E-state index contributed by atoms with van der Waals surface area (Å²) in [6, 6.07) is 14.8. The number of rotatable bonds is 4. The molecule has 4 rings (SSSR count). The Balaban J connectivity index is 1.70. The average Bonchev–Trinajstić information content (AvgIpc) is 3.14. The van der Waals surface area contributed by atoms with E-state index >= 15 is 0 Å². The summed E-state index contributed by atoms with van der Waals surface area (Å²) in [4.78, 5) is 24.5. The predicted octanol–water partition coefficient (Wildman–Crippen LogP) is 3.74. The Labute approximate surface area is 167 Å². The van der Waals surface area contributed by atoms with Crippen molar-refractivity contribution in [2.24, 2.45) is 0 Å². The molecule has 1 aliphatic rings. The highest BCUT2D eigenvalue weighted by atomic mass is 16.4. The lowest BCUT2D eigenvalue weighted by molar-refractivity contribution is -0.132. The monoisotopic (exact) mass is 388 g/mol. The average molecular weight is 388 g/mol. The van der Waals surface area contributed by atoms with Crippen molar-refractivity contribution in [3.63, 3.8) is 0 Å². The maximum absolute atomic E-state index is 12.8. The first-order valence-electron chi connectivity index (χ1n) is 9.16. The lowest BCUT2D eigenvalue weighted by Crippen LogP contribution is -2.25. The van der Waals surface area contributed by atoms with E-state index in [1.54, 1.807) is 10.8 Å². The van der Waals surface area contributed by atoms with Crippen molar-refractivity contribution in [2.75, 3.05) is 10.6 Å². The Hall–Kier alpha value is -3.87. The van der Waals surface area contributed by atoms with Crippen LogP contribution in [0.5, 0.6) is 0 Å². The Morgan fingerprint density at radius 2 is 1.66 bits per heavy atom. The molecule has 1 unspecified atom stereocenters. The molecule has 0 fully saturated rings. The lowest BCUT2D eigenvalue weighted by Gasteiger charge is -2.24. The van der Waals surface area contributed by atoms with Gasteiger partial charge in [-0.1, -0.05) is 47.5 Å². The number of hydrogen-bond donors (Lipinski definition) is 3. The lowest BCUT2D eigenvalue weighted by atomic mass is 10.0. The summed E-state index contributed by atoms with van der Waals surface area (Å²) >= 11 is 0. The molecule has 1 aromatic heterocycles. The molecular weight excluding hydrogens is 368 g/mol. The van der Waals surface area contributed by atoms with E-state index in [0.717, 1.165) is 16.7 Å². The highest BCUT2D eigenvalue weighted by Gasteiger charge is 2.29. The van der Waals surface area contributed by atoms with Crippen molar-refractivity contribution in [3.05, 3.63) is 88.8 Å². The SMILES string of the molecule is Cc1ccc(NC(=O)c2cnn3c2NC(C(=O)O)=CC3c2ccc(C)cc2)cc1. The number of aromatic nitrogens is 2. The molecule has 2 heterocycles. The third kappa shape index (κ3) is 3.62. The third-order valence-corrected chi connectivity index (χ3v) is 4.84. The van der Waals surface area contributed by atoms with E-state index in [-0.39, 0.29) is 17.2 Å². The zero-order valence-corrected chi connectivity index (χ0v) is 16.0. The fraction of sp³-hybridized carbons (Fsp3) is 0.136. The number of aryl methyl sites for hydroxylation is 2. The first-order chi connectivity index (χ1) is 13.9. The molecule has 146 valence electrons. The van der Waals surface area contributed by atoms with Crippen LogP contribution in [-0.2, 0) is 4.79 Å². The summed E-state index contributed by atoms with van der Waals surface area (Å²) in [5.74, 6) is -1.11. The van der Waals surface area contributed by atoms with Gasteiger partial charge in [0.25, 0.3) is 5.91 Å². The van der Waals surface area contributed by atoms with Crippen LogP contribution in [0.2, 0.25) is 0 Å². The van der Waals surface area contributed by atoms with Crippen molar-refractivity contribution >= 4 is 23.4 Å². The normalized spacial score (nSPS) is 15.1. The Kier molecular flexibility index (Phi) is 4.64. The van der Waals surface area contributed by atoms with E-state index in [1.165, 1.54) is 6.20 Å². The fourth-order valence-corrected chi connectivity index (χ4v) is 3.22. The Bertz CT molecular complexity index is 1110. The summed E-state index contributed by atoms with van der Waals surface area (Å²) in [7, 11) is 0.